The van der Waals surface area contributed by atoms with Crippen molar-refractivity contribution in [2.45, 2.75) is 71.3 Å². The van der Waals surface area contributed by atoms with E-state index in [1.54, 1.807) is 67.1 Å². The Kier molecular flexibility index (Phi) is 14.0. The summed E-state index contributed by atoms with van der Waals surface area (Å²) in [4.78, 5) is 29.8. The third kappa shape index (κ3) is 10.4. The molecule has 0 saturated carbocycles. The normalized spacial score (nSPS) is 12.9. The van der Waals surface area contributed by atoms with E-state index in [9.17, 15) is 27.2 Å². The van der Waals surface area contributed by atoms with Crippen LogP contribution >= 0.6 is 11.3 Å². The van der Waals surface area contributed by atoms with Gasteiger partial charge in [-0.3, -0.25) is 0 Å². The van der Waals surface area contributed by atoms with Gasteiger partial charge in [0.1, 0.15) is 23.4 Å². The summed E-state index contributed by atoms with van der Waals surface area (Å²) in [5.41, 5.74) is 0.860. The zero-order valence-corrected chi connectivity index (χ0v) is 32.5. The number of esters is 2. The van der Waals surface area contributed by atoms with Gasteiger partial charge in [0.2, 0.25) is 6.33 Å². The van der Waals surface area contributed by atoms with Gasteiger partial charge in [-0.2, -0.15) is 18.4 Å². The van der Waals surface area contributed by atoms with E-state index in [2.05, 4.69) is 20.5 Å². The number of likely N-dealkylation sites (N-methyl/N-ethyl adjacent to an activating group) is 1. The van der Waals surface area contributed by atoms with Gasteiger partial charge in [-0.25, -0.2) is 27.9 Å². The number of aromatic amines is 1. The van der Waals surface area contributed by atoms with Gasteiger partial charge in [0.15, 0.2) is 5.60 Å². The number of rotatable bonds is 14. The Bertz CT molecular complexity index is 2160. The Labute approximate surface area is 328 Å². The summed E-state index contributed by atoms with van der Waals surface area (Å²) >= 11 is 1.19. The van der Waals surface area contributed by atoms with Crippen molar-refractivity contribution in [1.82, 2.24) is 20.5 Å². The molecule has 0 saturated heterocycles. The molecule has 0 amide bonds. The van der Waals surface area contributed by atoms with Crippen LogP contribution in [0.4, 0.5) is 22.0 Å². The van der Waals surface area contributed by atoms with Crippen molar-refractivity contribution >= 4 is 23.3 Å². The van der Waals surface area contributed by atoms with Gasteiger partial charge in [0.25, 0.3) is 5.82 Å². The first-order chi connectivity index (χ1) is 25.6. The molecule has 3 aromatic carbocycles. The van der Waals surface area contributed by atoms with E-state index in [1.807, 2.05) is 13.0 Å². The van der Waals surface area contributed by atoms with Gasteiger partial charge in [-0.1, -0.05) is 19.1 Å². The molecule has 5 rings (SSSR count). The van der Waals surface area contributed by atoms with Crippen LogP contribution in [0.1, 0.15) is 58.9 Å². The molecule has 55 heavy (non-hydrogen) atoms. The lowest BCUT2D eigenvalue weighted by atomic mass is 9.84. The van der Waals surface area contributed by atoms with Gasteiger partial charge in [-0.15, -0.1) is 16.4 Å². The maximum Gasteiger partial charge on any atom is 0.490 e. The van der Waals surface area contributed by atoms with Gasteiger partial charge in [0, 0.05) is 34.1 Å². The number of ether oxygens (including phenoxy) is 2. The second-order valence-corrected chi connectivity index (χ2v) is 13.6. The minimum atomic E-state index is -5.45. The number of aromatic nitrogens is 4. The van der Waals surface area contributed by atoms with Gasteiger partial charge < -0.3 is 31.8 Å². The average molecular weight is 848 g/mol. The van der Waals surface area contributed by atoms with Crippen LogP contribution in [0.3, 0.4) is 0 Å². The molecule has 290 valence electrons. The first-order valence-electron chi connectivity index (χ1n) is 16.8. The molecule has 0 bridgehead atoms. The summed E-state index contributed by atoms with van der Waals surface area (Å²) in [5, 5.41) is 21.2. The number of alkyl halides is 3. The maximum atomic E-state index is 15.7. The Balaban J connectivity index is 0.00000673. The molecule has 0 radical (unpaired) electrons. The minimum Gasteiger partial charge on any atom is -1.00 e. The fourth-order valence-corrected chi connectivity index (χ4v) is 6.86. The topological polar surface area (TPSA) is 134 Å². The van der Waals surface area contributed by atoms with Gasteiger partial charge >= 0.3 is 18.1 Å². The first kappa shape index (κ1) is 42.7. The van der Waals surface area contributed by atoms with Crippen molar-refractivity contribution in [2.24, 2.45) is 0 Å². The smallest absolute Gasteiger partial charge is 0.490 e. The molecule has 0 aliphatic carbocycles. The molecule has 2 aromatic heterocycles. The highest BCUT2D eigenvalue weighted by Gasteiger charge is 2.49. The van der Waals surface area contributed by atoms with Crippen molar-refractivity contribution in [3.63, 3.8) is 0 Å². The molecule has 0 fully saturated rings. The number of H-pyrrole nitrogens is 1. The number of carbonyl (C=O) groups excluding carboxylic acids is 2. The average Bonchev–Trinajstić information content (AvgIpc) is 3.78. The molecule has 17 heteroatoms. The van der Waals surface area contributed by atoms with Gasteiger partial charge in [-0.05, 0) is 86.8 Å². The zero-order valence-electron chi connectivity index (χ0n) is 30.1. The highest BCUT2D eigenvalue weighted by molar-refractivity contribution is 7.09. The number of nitriles is 1. The van der Waals surface area contributed by atoms with Crippen molar-refractivity contribution in [3.8, 4) is 23.1 Å². The molecule has 2 atom stereocenters. The molecule has 0 spiro atoms. The highest BCUT2D eigenvalue weighted by Crippen LogP contribution is 2.39. The van der Waals surface area contributed by atoms with E-state index in [0.29, 0.717) is 56.9 Å². The molecule has 2 N–H and O–H groups in total. The van der Waals surface area contributed by atoms with E-state index in [-0.39, 0.29) is 35.8 Å². The third-order valence-corrected chi connectivity index (χ3v) is 9.58. The Morgan fingerprint density at radius 2 is 1.76 bits per heavy atom. The number of aryl methyl sites for hydroxylation is 3. The summed E-state index contributed by atoms with van der Waals surface area (Å²) in [6.07, 6.45) is -5.01. The van der Waals surface area contributed by atoms with Crippen molar-refractivity contribution in [3.05, 3.63) is 117 Å². The number of hydrogen-bond donors (Lipinski definition) is 2. The monoisotopic (exact) mass is 846 g/mol. The van der Waals surface area contributed by atoms with Crippen LogP contribution < -0.4 is 31.6 Å². The number of benzene rings is 3. The largest absolute Gasteiger partial charge is 1.00 e. The van der Waals surface area contributed by atoms with Crippen LogP contribution in [0.5, 0.6) is 5.75 Å². The van der Waals surface area contributed by atoms with Crippen molar-refractivity contribution in [1.29, 1.82) is 5.26 Å². The Morgan fingerprint density at radius 3 is 2.38 bits per heavy atom. The van der Waals surface area contributed by atoms with Crippen LogP contribution in [0, 0.1) is 36.8 Å². The highest BCUT2D eigenvalue weighted by atomic mass is 79.9. The predicted octanol–water partition coefficient (Wildman–Crippen LogP) is 3.72. The molecule has 5 aromatic rings. The lowest BCUT2D eigenvalue weighted by Gasteiger charge is -2.33. The number of nitrogens with zero attached hydrogens (tertiary/aromatic N) is 4. The second kappa shape index (κ2) is 18.1. The molecule has 10 nitrogen and oxygen atoms in total. The molecular weight excluding hydrogens is 811 g/mol. The molecular formula is C38H36BrF5N6O4S. The standard InChI is InChI=1S/C38H35F5N6O4S.BrH/c1-5-45-24(4)35(50)52-34-22(2)14-26(15-23(34)3)19-49-21-46-48-32(49)17-37(53-36(51)38(41,42)43,29-11-10-28(39)16-30(29)40)13-12-33-47-31(20-54-33)27-8-6-25(18-44)7-9-27;/h6-11,14-16,20-21,24,45H,5,12-13,17,19H2,1-4H3;1H. The van der Waals surface area contributed by atoms with E-state index in [4.69, 9.17) is 14.7 Å². The van der Waals surface area contributed by atoms with Crippen LogP contribution in [-0.4, -0.2) is 45.9 Å². The SMILES string of the molecule is CCNC(C)C(=O)Oc1c(C)cc(C[n+]2c[nH]nc2CC(CCc2nc(-c3ccc(C#N)cc3)cs2)(OC(=O)C(F)(F)F)c2ccc(F)cc2F)cc1C.[Br-]. The number of nitrogens with one attached hydrogen (secondary N) is 2. The van der Waals surface area contributed by atoms with Crippen LogP contribution in [0.15, 0.2) is 66.3 Å². The molecule has 2 heterocycles. The Hall–Kier alpha value is -5.05. The van der Waals surface area contributed by atoms with E-state index >= 15 is 4.39 Å². The van der Waals surface area contributed by atoms with Crippen LogP contribution in [0.25, 0.3) is 11.3 Å². The molecule has 0 aliphatic rings. The lowest BCUT2D eigenvalue weighted by Crippen LogP contribution is -3.00. The summed E-state index contributed by atoms with van der Waals surface area (Å²) in [6.45, 7) is 7.79. The summed E-state index contributed by atoms with van der Waals surface area (Å²) in [7, 11) is 0. The summed E-state index contributed by atoms with van der Waals surface area (Å²) < 4.78 is 83.9. The quantitative estimate of drug-likeness (QED) is 0.0749. The first-order valence-corrected chi connectivity index (χ1v) is 17.7. The minimum absolute atomic E-state index is 0. The van der Waals surface area contributed by atoms with E-state index < -0.39 is 59.8 Å². The fourth-order valence-electron chi connectivity index (χ4n) is 6.05. The number of halogens is 6. The second-order valence-electron chi connectivity index (χ2n) is 12.7. The fraction of sp³-hybridized carbons (Fsp3) is 0.316. The lowest BCUT2D eigenvalue weighted by molar-refractivity contribution is -0.696. The number of hydrogen-bond acceptors (Lipinski definition) is 9. The molecule has 2 unspecified atom stereocenters. The summed E-state index contributed by atoms with van der Waals surface area (Å²) in [6, 6.07) is 14.0. The number of thiazole rings is 1. The van der Waals surface area contributed by atoms with Crippen molar-refractivity contribution in [2.75, 3.05) is 6.54 Å². The van der Waals surface area contributed by atoms with Crippen molar-refractivity contribution < 1.29 is 62.6 Å². The molecule has 0 aliphatic heterocycles. The Morgan fingerprint density at radius 1 is 1.07 bits per heavy atom. The summed E-state index contributed by atoms with van der Waals surface area (Å²) in [5.74, 6) is -4.74. The van der Waals surface area contributed by atoms with Crippen LogP contribution in [-0.2, 0) is 39.3 Å². The predicted molar refractivity (Wildman–Crippen MR) is 187 cm³/mol. The van der Waals surface area contributed by atoms with E-state index in [1.165, 1.54) is 17.7 Å². The zero-order chi connectivity index (χ0) is 39.2. The van der Waals surface area contributed by atoms with Crippen LogP contribution in [0.2, 0.25) is 0 Å². The third-order valence-electron chi connectivity index (χ3n) is 8.67. The van der Waals surface area contributed by atoms with E-state index in [0.717, 1.165) is 12.1 Å². The van der Waals surface area contributed by atoms with Gasteiger partial charge in [0.05, 0.1) is 35.3 Å². The number of carbonyl (C=O) groups is 2. The maximum absolute atomic E-state index is 15.7.